The highest BCUT2D eigenvalue weighted by Crippen LogP contribution is 2.28. The Morgan fingerprint density at radius 1 is 1.64 bits per heavy atom. The molecule has 2 aliphatic heterocycles. The third-order valence-electron chi connectivity index (χ3n) is 2.97. The van der Waals surface area contributed by atoms with Gasteiger partial charge in [0, 0.05) is 13.1 Å². The molecule has 0 aromatic rings. The monoisotopic (exact) mass is 198 g/mol. The standard InChI is InChI=1S/C10H18N2O2/c1-2-6-12-8-10(14-9(12)13)4-3-5-11-7-10/h11H,2-8H2,1H3. The molecule has 1 amide bonds. The fraction of sp³-hybridized carbons (Fsp3) is 0.900. The number of hydrogen-bond donors (Lipinski definition) is 1. The van der Waals surface area contributed by atoms with Gasteiger partial charge in [-0.3, -0.25) is 0 Å². The Bertz CT molecular complexity index is 224. The minimum absolute atomic E-state index is 0.129. The molecule has 2 heterocycles. The van der Waals surface area contributed by atoms with Crippen molar-refractivity contribution < 1.29 is 9.53 Å². The summed E-state index contributed by atoms with van der Waals surface area (Å²) >= 11 is 0. The van der Waals surface area contributed by atoms with E-state index in [-0.39, 0.29) is 11.7 Å². The minimum Gasteiger partial charge on any atom is -0.440 e. The second kappa shape index (κ2) is 3.77. The van der Waals surface area contributed by atoms with Gasteiger partial charge in [0.05, 0.1) is 6.54 Å². The molecule has 0 saturated carbocycles. The van der Waals surface area contributed by atoms with Crippen molar-refractivity contribution in [1.82, 2.24) is 10.2 Å². The summed E-state index contributed by atoms with van der Waals surface area (Å²) in [5.74, 6) is 0. The van der Waals surface area contributed by atoms with Gasteiger partial charge in [-0.2, -0.15) is 0 Å². The molecular formula is C10H18N2O2. The normalized spacial score (nSPS) is 32.4. The van der Waals surface area contributed by atoms with Gasteiger partial charge in [-0.25, -0.2) is 4.79 Å². The van der Waals surface area contributed by atoms with Crippen molar-refractivity contribution in [1.29, 1.82) is 0 Å². The molecule has 1 spiro atoms. The Balaban J connectivity index is 1.99. The molecule has 0 radical (unpaired) electrons. The van der Waals surface area contributed by atoms with Gasteiger partial charge in [0.1, 0.15) is 5.60 Å². The van der Waals surface area contributed by atoms with E-state index in [1.54, 1.807) is 0 Å². The predicted octanol–water partition coefficient (Wildman–Crippen LogP) is 0.971. The van der Waals surface area contributed by atoms with Crippen LogP contribution in [0.15, 0.2) is 0 Å². The van der Waals surface area contributed by atoms with E-state index in [0.717, 1.165) is 45.4 Å². The highest BCUT2D eigenvalue weighted by atomic mass is 16.6. The van der Waals surface area contributed by atoms with E-state index in [2.05, 4.69) is 12.2 Å². The number of rotatable bonds is 2. The fourth-order valence-electron chi connectivity index (χ4n) is 2.30. The van der Waals surface area contributed by atoms with Crippen LogP contribution in [0, 0.1) is 0 Å². The van der Waals surface area contributed by atoms with Crippen molar-refractivity contribution in [3.63, 3.8) is 0 Å². The third kappa shape index (κ3) is 1.71. The van der Waals surface area contributed by atoms with Gasteiger partial charge >= 0.3 is 6.09 Å². The molecular weight excluding hydrogens is 180 g/mol. The lowest BCUT2D eigenvalue weighted by atomic mass is 9.94. The first kappa shape index (κ1) is 9.77. The number of carbonyl (C=O) groups is 1. The lowest BCUT2D eigenvalue weighted by Gasteiger charge is -2.31. The zero-order chi connectivity index (χ0) is 10.0. The quantitative estimate of drug-likeness (QED) is 0.719. The van der Waals surface area contributed by atoms with Crippen molar-refractivity contribution in [2.75, 3.05) is 26.2 Å². The maximum atomic E-state index is 11.5. The number of amides is 1. The maximum absolute atomic E-state index is 11.5. The Hall–Kier alpha value is -0.770. The smallest absolute Gasteiger partial charge is 0.410 e. The SMILES string of the molecule is CCCN1CC2(CCCNC2)OC1=O. The van der Waals surface area contributed by atoms with Crippen LogP contribution in [0.1, 0.15) is 26.2 Å². The van der Waals surface area contributed by atoms with Crippen molar-refractivity contribution in [2.24, 2.45) is 0 Å². The van der Waals surface area contributed by atoms with E-state index in [9.17, 15) is 4.79 Å². The van der Waals surface area contributed by atoms with Gasteiger partial charge in [0.25, 0.3) is 0 Å². The van der Waals surface area contributed by atoms with Crippen LogP contribution in [-0.4, -0.2) is 42.8 Å². The van der Waals surface area contributed by atoms with Crippen LogP contribution in [0.4, 0.5) is 4.79 Å². The molecule has 2 rings (SSSR count). The average Bonchev–Trinajstić information content (AvgIpc) is 2.45. The van der Waals surface area contributed by atoms with Crippen LogP contribution in [0.3, 0.4) is 0 Å². The van der Waals surface area contributed by atoms with Crippen molar-refractivity contribution in [3.05, 3.63) is 0 Å². The molecule has 1 unspecified atom stereocenters. The van der Waals surface area contributed by atoms with Crippen LogP contribution in [0.2, 0.25) is 0 Å². The van der Waals surface area contributed by atoms with E-state index in [0.29, 0.717) is 0 Å². The van der Waals surface area contributed by atoms with Gasteiger partial charge < -0.3 is 15.0 Å². The Morgan fingerprint density at radius 2 is 2.50 bits per heavy atom. The van der Waals surface area contributed by atoms with Crippen LogP contribution in [0.5, 0.6) is 0 Å². The third-order valence-corrected chi connectivity index (χ3v) is 2.97. The van der Waals surface area contributed by atoms with Crippen molar-refractivity contribution in [3.8, 4) is 0 Å². The number of ether oxygens (including phenoxy) is 1. The van der Waals surface area contributed by atoms with Gasteiger partial charge in [-0.1, -0.05) is 6.92 Å². The molecule has 2 saturated heterocycles. The van der Waals surface area contributed by atoms with Crippen molar-refractivity contribution in [2.45, 2.75) is 31.8 Å². The van der Waals surface area contributed by atoms with Gasteiger partial charge in [0.2, 0.25) is 0 Å². The van der Waals surface area contributed by atoms with Crippen LogP contribution in [0.25, 0.3) is 0 Å². The molecule has 14 heavy (non-hydrogen) atoms. The molecule has 4 nitrogen and oxygen atoms in total. The Kier molecular flexibility index (Phi) is 2.63. The summed E-state index contributed by atoms with van der Waals surface area (Å²) in [6.45, 7) is 5.54. The first-order chi connectivity index (χ1) is 6.76. The van der Waals surface area contributed by atoms with E-state index in [4.69, 9.17) is 4.74 Å². The second-order valence-electron chi connectivity index (χ2n) is 4.25. The number of nitrogens with one attached hydrogen (secondary N) is 1. The van der Waals surface area contributed by atoms with Crippen molar-refractivity contribution >= 4 is 6.09 Å². The van der Waals surface area contributed by atoms with Crippen LogP contribution in [-0.2, 0) is 4.74 Å². The summed E-state index contributed by atoms with van der Waals surface area (Å²) in [4.78, 5) is 13.3. The molecule has 80 valence electrons. The molecule has 1 N–H and O–H groups in total. The molecule has 0 aromatic heterocycles. The molecule has 4 heteroatoms. The highest BCUT2D eigenvalue weighted by molar-refractivity contribution is 5.70. The highest BCUT2D eigenvalue weighted by Gasteiger charge is 2.45. The largest absolute Gasteiger partial charge is 0.440 e. The summed E-state index contributed by atoms with van der Waals surface area (Å²) in [5.41, 5.74) is -0.218. The maximum Gasteiger partial charge on any atom is 0.410 e. The molecule has 0 aromatic carbocycles. The van der Waals surface area contributed by atoms with Gasteiger partial charge in [-0.05, 0) is 25.8 Å². The number of piperidine rings is 1. The van der Waals surface area contributed by atoms with E-state index in [1.165, 1.54) is 0 Å². The first-order valence-corrected chi connectivity index (χ1v) is 5.44. The summed E-state index contributed by atoms with van der Waals surface area (Å²) in [7, 11) is 0. The lowest BCUT2D eigenvalue weighted by molar-refractivity contribution is 0.0366. The fourth-order valence-corrected chi connectivity index (χ4v) is 2.30. The first-order valence-electron chi connectivity index (χ1n) is 5.44. The van der Waals surface area contributed by atoms with Crippen LogP contribution < -0.4 is 5.32 Å². The second-order valence-corrected chi connectivity index (χ2v) is 4.25. The molecule has 0 bridgehead atoms. The average molecular weight is 198 g/mol. The molecule has 0 aliphatic carbocycles. The van der Waals surface area contributed by atoms with E-state index >= 15 is 0 Å². The molecule has 2 aliphatic rings. The lowest BCUT2D eigenvalue weighted by Crippen LogP contribution is -2.48. The van der Waals surface area contributed by atoms with Gasteiger partial charge in [-0.15, -0.1) is 0 Å². The summed E-state index contributed by atoms with van der Waals surface area (Å²) < 4.78 is 5.48. The van der Waals surface area contributed by atoms with E-state index < -0.39 is 0 Å². The Labute approximate surface area is 84.6 Å². The zero-order valence-electron chi connectivity index (χ0n) is 8.71. The topological polar surface area (TPSA) is 41.6 Å². The summed E-state index contributed by atoms with van der Waals surface area (Å²) in [6, 6.07) is 0. The van der Waals surface area contributed by atoms with Gasteiger partial charge in [0.15, 0.2) is 0 Å². The summed E-state index contributed by atoms with van der Waals surface area (Å²) in [6.07, 6.45) is 2.98. The molecule has 2 fully saturated rings. The summed E-state index contributed by atoms with van der Waals surface area (Å²) in [5, 5.41) is 3.30. The predicted molar refractivity (Wildman–Crippen MR) is 53.2 cm³/mol. The van der Waals surface area contributed by atoms with Crippen LogP contribution >= 0.6 is 0 Å². The number of carbonyl (C=O) groups excluding carboxylic acids is 1. The minimum atomic E-state index is -0.218. The zero-order valence-corrected chi connectivity index (χ0v) is 8.71. The number of nitrogens with zero attached hydrogens (tertiary/aromatic N) is 1. The van der Waals surface area contributed by atoms with E-state index in [1.807, 2.05) is 4.90 Å². The number of hydrogen-bond acceptors (Lipinski definition) is 3. The Morgan fingerprint density at radius 3 is 3.14 bits per heavy atom. The molecule has 1 atom stereocenters.